The molecule has 3 aromatic rings. The van der Waals surface area contributed by atoms with Crippen molar-refractivity contribution in [3.63, 3.8) is 0 Å². The van der Waals surface area contributed by atoms with Gasteiger partial charge in [0.25, 0.3) is 0 Å². The van der Waals surface area contributed by atoms with Gasteiger partial charge in [-0.2, -0.15) is 0 Å². The van der Waals surface area contributed by atoms with Gasteiger partial charge in [0.05, 0.1) is 24.9 Å². The number of nitrogens with zero attached hydrogens (tertiary/aromatic N) is 1. The van der Waals surface area contributed by atoms with Crippen molar-refractivity contribution >= 4 is 11.6 Å². The first-order valence-electron chi connectivity index (χ1n) is 9.51. The molecule has 1 amide bonds. The second-order valence-electron chi connectivity index (χ2n) is 6.62. The predicted octanol–water partition coefficient (Wildman–Crippen LogP) is 4.75. The van der Waals surface area contributed by atoms with Crippen LogP contribution in [0.3, 0.4) is 0 Å². The number of likely N-dealkylation sites (N-methyl/N-ethyl adjacent to an activating group) is 1. The summed E-state index contributed by atoms with van der Waals surface area (Å²) in [5.41, 5.74) is 3.00. The van der Waals surface area contributed by atoms with E-state index in [0.29, 0.717) is 18.0 Å². The summed E-state index contributed by atoms with van der Waals surface area (Å²) in [4.78, 5) is 14.8. The van der Waals surface area contributed by atoms with E-state index in [1.165, 1.54) is 0 Å². The number of ether oxygens (including phenoxy) is 1. The maximum absolute atomic E-state index is 12.7. The fraction of sp³-hybridized carbons (Fsp3) is 0.208. The number of amides is 1. The lowest BCUT2D eigenvalue weighted by atomic mass is 9.97. The Morgan fingerprint density at radius 3 is 2.00 bits per heavy atom. The van der Waals surface area contributed by atoms with Crippen LogP contribution >= 0.6 is 0 Å². The summed E-state index contributed by atoms with van der Waals surface area (Å²) in [6, 6.07) is 28.0. The molecule has 0 aliphatic heterocycles. The Labute approximate surface area is 166 Å². The van der Waals surface area contributed by atoms with Gasteiger partial charge in [-0.15, -0.1) is 0 Å². The smallest absolute Gasteiger partial charge is 0.238 e. The van der Waals surface area contributed by atoms with Crippen LogP contribution in [0, 0.1) is 0 Å². The Balaban J connectivity index is 1.77. The lowest BCUT2D eigenvalue weighted by Crippen LogP contribution is -2.34. The molecule has 0 spiro atoms. The van der Waals surface area contributed by atoms with Gasteiger partial charge >= 0.3 is 0 Å². The number of nitrogens with one attached hydrogen (secondary N) is 1. The molecule has 0 saturated carbocycles. The number of carbonyl (C=O) groups is 1. The summed E-state index contributed by atoms with van der Waals surface area (Å²) in [6.07, 6.45) is 0. The largest absolute Gasteiger partial charge is 0.492 e. The number of para-hydroxylation sites is 2. The van der Waals surface area contributed by atoms with E-state index < -0.39 is 0 Å². The Morgan fingerprint density at radius 1 is 0.893 bits per heavy atom. The molecular weight excluding hydrogens is 348 g/mol. The van der Waals surface area contributed by atoms with Crippen LogP contribution < -0.4 is 10.1 Å². The zero-order valence-corrected chi connectivity index (χ0v) is 16.3. The van der Waals surface area contributed by atoms with Crippen LogP contribution in [-0.2, 0) is 4.79 Å². The summed E-state index contributed by atoms with van der Waals surface area (Å²) < 4.78 is 5.60. The number of anilines is 1. The molecule has 1 N–H and O–H groups in total. The normalized spacial score (nSPS) is 10.9. The zero-order chi connectivity index (χ0) is 19.8. The zero-order valence-electron chi connectivity index (χ0n) is 16.3. The van der Waals surface area contributed by atoms with Gasteiger partial charge in [0.2, 0.25) is 5.91 Å². The highest BCUT2D eigenvalue weighted by molar-refractivity contribution is 5.93. The quantitative estimate of drug-likeness (QED) is 0.619. The average Bonchev–Trinajstić information content (AvgIpc) is 2.71. The first kappa shape index (κ1) is 19.6. The van der Waals surface area contributed by atoms with Gasteiger partial charge < -0.3 is 10.1 Å². The van der Waals surface area contributed by atoms with Gasteiger partial charge in [-0.3, -0.25) is 9.69 Å². The van der Waals surface area contributed by atoms with Crippen LogP contribution in [0.4, 0.5) is 5.69 Å². The van der Waals surface area contributed by atoms with E-state index in [-0.39, 0.29) is 18.5 Å². The van der Waals surface area contributed by atoms with E-state index in [4.69, 9.17) is 4.74 Å². The predicted molar refractivity (Wildman–Crippen MR) is 114 cm³/mol. The lowest BCUT2D eigenvalue weighted by Gasteiger charge is -2.28. The SMILES string of the molecule is CCOc1ccccc1NC(=O)CN(C)C(c1ccccc1)c1ccccc1. The first-order chi connectivity index (χ1) is 13.7. The molecule has 3 rings (SSSR count). The lowest BCUT2D eigenvalue weighted by molar-refractivity contribution is -0.117. The van der Waals surface area contributed by atoms with Crippen LogP contribution in [-0.4, -0.2) is 31.0 Å². The summed E-state index contributed by atoms with van der Waals surface area (Å²) in [5.74, 6) is 0.607. The number of hydrogen-bond donors (Lipinski definition) is 1. The van der Waals surface area contributed by atoms with E-state index in [0.717, 1.165) is 11.1 Å². The fourth-order valence-corrected chi connectivity index (χ4v) is 3.33. The van der Waals surface area contributed by atoms with Crippen LogP contribution in [0.1, 0.15) is 24.1 Å². The third-order valence-corrected chi connectivity index (χ3v) is 4.53. The maximum atomic E-state index is 12.7. The van der Waals surface area contributed by atoms with Crippen LogP contribution in [0.2, 0.25) is 0 Å². The Hall–Kier alpha value is -3.11. The summed E-state index contributed by atoms with van der Waals surface area (Å²) in [7, 11) is 1.97. The van der Waals surface area contributed by atoms with Gasteiger partial charge in [0, 0.05) is 0 Å². The van der Waals surface area contributed by atoms with Crippen molar-refractivity contribution in [2.75, 3.05) is 25.5 Å². The Morgan fingerprint density at radius 2 is 1.43 bits per heavy atom. The summed E-state index contributed by atoms with van der Waals surface area (Å²) in [6.45, 7) is 2.74. The van der Waals surface area contributed by atoms with Crippen molar-refractivity contribution in [1.29, 1.82) is 0 Å². The molecule has 0 aliphatic rings. The van der Waals surface area contributed by atoms with Gasteiger partial charge in [-0.25, -0.2) is 0 Å². The molecule has 0 unspecified atom stereocenters. The Kier molecular flexibility index (Phi) is 6.82. The number of rotatable bonds is 8. The molecule has 0 radical (unpaired) electrons. The van der Waals surface area contributed by atoms with E-state index in [9.17, 15) is 4.79 Å². The summed E-state index contributed by atoms with van der Waals surface area (Å²) in [5, 5.41) is 2.98. The molecule has 0 aliphatic carbocycles. The van der Waals surface area contributed by atoms with E-state index in [2.05, 4.69) is 34.5 Å². The molecular formula is C24H26N2O2. The van der Waals surface area contributed by atoms with Gasteiger partial charge in [-0.05, 0) is 37.2 Å². The first-order valence-corrected chi connectivity index (χ1v) is 9.51. The monoisotopic (exact) mass is 374 g/mol. The van der Waals surface area contributed by atoms with Crippen molar-refractivity contribution in [2.45, 2.75) is 13.0 Å². The van der Waals surface area contributed by atoms with Gasteiger partial charge in [0.1, 0.15) is 5.75 Å². The van der Waals surface area contributed by atoms with Crippen molar-refractivity contribution in [3.8, 4) is 5.75 Å². The minimum absolute atomic E-state index is 0.00437. The molecule has 3 aromatic carbocycles. The van der Waals surface area contributed by atoms with Crippen molar-refractivity contribution in [2.24, 2.45) is 0 Å². The number of hydrogen-bond acceptors (Lipinski definition) is 3. The standard InChI is InChI=1S/C24H26N2O2/c1-3-28-22-17-11-10-16-21(22)25-23(27)18-26(2)24(19-12-6-4-7-13-19)20-14-8-5-9-15-20/h4-17,24H,3,18H2,1-2H3,(H,25,27). The Bertz CT molecular complexity index is 842. The van der Waals surface area contributed by atoms with Crippen molar-refractivity contribution in [1.82, 2.24) is 4.90 Å². The average molecular weight is 374 g/mol. The molecule has 0 atom stereocenters. The molecule has 0 fully saturated rings. The molecule has 4 heteroatoms. The highest BCUT2D eigenvalue weighted by atomic mass is 16.5. The van der Waals surface area contributed by atoms with Crippen LogP contribution in [0.25, 0.3) is 0 Å². The van der Waals surface area contributed by atoms with Crippen molar-refractivity contribution < 1.29 is 9.53 Å². The van der Waals surface area contributed by atoms with E-state index in [1.54, 1.807) is 0 Å². The molecule has 0 heterocycles. The number of benzene rings is 3. The van der Waals surface area contributed by atoms with Crippen molar-refractivity contribution in [3.05, 3.63) is 96.1 Å². The van der Waals surface area contributed by atoms with E-state index >= 15 is 0 Å². The third-order valence-electron chi connectivity index (χ3n) is 4.53. The molecule has 144 valence electrons. The highest BCUT2D eigenvalue weighted by Crippen LogP contribution is 2.28. The maximum Gasteiger partial charge on any atom is 0.238 e. The molecule has 0 saturated heterocycles. The van der Waals surface area contributed by atoms with E-state index in [1.807, 2.05) is 74.6 Å². The summed E-state index contributed by atoms with van der Waals surface area (Å²) >= 11 is 0. The molecule has 28 heavy (non-hydrogen) atoms. The van der Waals surface area contributed by atoms with Crippen LogP contribution in [0.5, 0.6) is 5.75 Å². The van der Waals surface area contributed by atoms with Gasteiger partial charge in [0.15, 0.2) is 0 Å². The highest BCUT2D eigenvalue weighted by Gasteiger charge is 2.21. The fourth-order valence-electron chi connectivity index (χ4n) is 3.33. The minimum Gasteiger partial charge on any atom is -0.492 e. The van der Waals surface area contributed by atoms with Gasteiger partial charge in [-0.1, -0.05) is 72.8 Å². The second-order valence-corrected chi connectivity index (χ2v) is 6.62. The topological polar surface area (TPSA) is 41.6 Å². The number of carbonyl (C=O) groups excluding carboxylic acids is 1. The minimum atomic E-state index is -0.0773. The molecule has 0 bridgehead atoms. The molecule has 4 nitrogen and oxygen atoms in total. The van der Waals surface area contributed by atoms with Crippen LogP contribution in [0.15, 0.2) is 84.9 Å². The second kappa shape index (κ2) is 9.72. The third kappa shape index (κ3) is 4.99. The molecule has 0 aromatic heterocycles.